The van der Waals surface area contributed by atoms with Gasteiger partial charge < -0.3 is 9.88 Å². The highest BCUT2D eigenvalue weighted by Crippen LogP contribution is 2.24. The van der Waals surface area contributed by atoms with E-state index in [0.29, 0.717) is 0 Å². The SMILES string of the molecule is CCc1ccccc1C(NC)c1nccn1CC. The van der Waals surface area contributed by atoms with Gasteiger partial charge in [-0.25, -0.2) is 4.98 Å². The lowest BCUT2D eigenvalue weighted by Crippen LogP contribution is -2.23. The zero-order valence-corrected chi connectivity index (χ0v) is 11.4. The van der Waals surface area contributed by atoms with Gasteiger partial charge in [-0.05, 0) is 31.5 Å². The van der Waals surface area contributed by atoms with E-state index in [2.05, 4.69) is 53.0 Å². The predicted octanol–water partition coefficient (Wildman–Crippen LogP) is 2.77. The molecule has 3 nitrogen and oxygen atoms in total. The van der Waals surface area contributed by atoms with Crippen LogP contribution in [0, 0.1) is 0 Å². The third kappa shape index (κ3) is 2.31. The number of rotatable bonds is 5. The summed E-state index contributed by atoms with van der Waals surface area (Å²) in [6, 6.07) is 8.74. The van der Waals surface area contributed by atoms with Crippen LogP contribution in [0.4, 0.5) is 0 Å². The highest BCUT2D eigenvalue weighted by molar-refractivity contribution is 5.33. The molecule has 0 aliphatic heterocycles. The molecule has 0 amide bonds. The maximum Gasteiger partial charge on any atom is 0.130 e. The molecule has 2 aromatic rings. The molecule has 0 saturated carbocycles. The van der Waals surface area contributed by atoms with Gasteiger partial charge in [0.2, 0.25) is 0 Å². The van der Waals surface area contributed by atoms with Crippen molar-refractivity contribution in [1.82, 2.24) is 14.9 Å². The Kier molecular flexibility index (Phi) is 4.15. The van der Waals surface area contributed by atoms with Crippen LogP contribution in [-0.4, -0.2) is 16.6 Å². The minimum Gasteiger partial charge on any atom is -0.334 e. The minimum atomic E-state index is 0.163. The number of benzene rings is 1. The first kappa shape index (κ1) is 12.8. The molecule has 1 unspecified atom stereocenters. The highest BCUT2D eigenvalue weighted by atomic mass is 15.1. The van der Waals surface area contributed by atoms with Crippen LogP contribution in [0.5, 0.6) is 0 Å². The Morgan fingerprint density at radius 3 is 2.72 bits per heavy atom. The lowest BCUT2D eigenvalue weighted by Gasteiger charge is -2.20. The van der Waals surface area contributed by atoms with E-state index in [1.54, 1.807) is 0 Å². The molecular weight excluding hydrogens is 222 g/mol. The van der Waals surface area contributed by atoms with E-state index in [9.17, 15) is 0 Å². The molecule has 0 fully saturated rings. The van der Waals surface area contributed by atoms with Gasteiger partial charge in [-0.3, -0.25) is 0 Å². The second-order valence-corrected chi connectivity index (χ2v) is 4.35. The van der Waals surface area contributed by atoms with Gasteiger partial charge in [0.05, 0.1) is 6.04 Å². The first-order valence-corrected chi connectivity index (χ1v) is 6.57. The number of aromatic nitrogens is 2. The Balaban J connectivity index is 2.45. The zero-order valence-electron chi connectivity index (χ0n) is 11.4. The molecule has 18 heavy (non-hydrogen) atoms. The number of hydrogen-bond donors (Lipinski definition) is 1. The predicted molar refractivity (Wildman–Crippen MR) is 74.6 cm³/mol. The van der Waals surface area contributed by atoms with Crippen LogP contribution >= 0.6 is 0 Å². The van der Waals surface area contributed by atoms with Crippen LogP contribution in [0.2, 0.25) is 0 Å². The van der Waals surface area contributed by atoms with E-state index in [1.165, 1.54) is 11.1 Å². The molecule has 2 rings (SSSR count). The van der Waals surface area contributed by atoms with Crippen molar-refractivity contribution < 1.29 is 0 Å². The van der Waals surface area contributed by atoms with Crippen molar-refractivity contribution in [3.8, 4) is 0 Å². The normalized spacial score (nSPS) is 12.6. The molecule has 0 bridgehead atoms. The Bertz CT molecular complexity index is 502. The van der Waals surface area contributed by atoms with Gasteiger partial charge in [0, 0.05) is 18.9 Å². The van der Waals surface area contributed by atoms with E-state index in [4.69, 9.17) is 0 Å². The number of aryl methyl sites for hydroxylation is 2. The van der Waals surface area contributed by atoms with Crippen molar-refractivity contribution in [1.29, 1.82) is 0 Å². The lowest BCUT2D eigenvalue weighted by molar-refractivity contribution is 0.587. The van der Waals surface area contributed by atoms with E-state index >= 15 is 0 Å². The summed E-state index contributed by atoms with van der Waals surface area (Å²) in [4.78, 5) is 4.51. The fourth-order valence-corrected chi connectivity index (χ4v) is 2.41. The standard InChI is InChI=1S/C15H21N3/c1-4-12-8-6-7-9-13(12)14(16-3)15-17-10-11-18(15)5-2/h6-11,14,16H,4-5H2,1-3H3. The topological polar surface area (TPSA) is 29.9 Å². The van der Waals surface area contributed by atoms with E-state index < -0.39 is 0 Å². The second-order valence-electron chi connectivity index (χ2n) is 4.35. The Morgan fingerprint density at radius 1 is 1.28 bits per heavy atom. The fourth-order valence-electron chi connectivity index (χ4n) is 2.41. The molecule has 0 radical (unpaired) electrons. The van der Waals surface area contributed by atoms with Crippen molar-refractivity contribution in [2.45, 2.75) is 32.9 Å². The largest absolute Gasteiger partial charge is 0.334 e. The van der Waals surface area contributed by atoms with Gasteiger partial charge >= 0.3 is 0 Å². The van der Waals surface area contributed by atoms with E-state index in [1.807, 2.05) is 19.4 Å². The maximum atomic E-state index is 4.51. The first-order chi connectivity index (χ1) is 8.81. The van der Waals surface area contributed by atoms with Crippen molar-refractivity contribution >= 4 is 0 Å². The van der Waals surface area contributed by atoms with Gasteiger partial charge in [0.15, 0.2) is 0 Å². The molecule has 1 aromatic carbocycles. The molecule has 1 aromatic heterocycles. The summed E-state index contributed by atoms with van der Waals surface area (Å²) in [6.45, 7) is 5.28. The number of imidazole rings is 1. The summed E-state index contributed by atoms with van der Waals surface area (Å²) in [5, 5.41) is 3.39. The summed E-state index contributed by atoms with van der Waals surface area (Å²) in [6.07, 6.45) is 4.95. The van der Waals surface area contributed by atoms with Crippen LogP contribution in [0.25, 0.3) is 0 Å². The van der Waals surface area contributed by atoms with Crippen molar-refractivity contribution in [2.24, 2.45) is 0 Å². The van der Waals surface area contributed by atoms with Crippen molar-refractivity contribution in [3.05, 3.63) is 53.6 Å². The third-order valence-electron chi connectivity index (χ3n) is 3.38. The van der Waals surface area contributed by atoms with Gasteiger partial charge in [-0.1, -0.05) is 31.2 Å². The quantitative estimate of drug-likeness (QED) is 0.875. The van der Waals surface area contributed by atoms with Crippen molar-refractivity contribution in [3.63, 3.8) is 0 Å². The number of hydrogen-bond acceptors (Lipinski definition) is 2. The second kappa shape index (κ2) is 5.83. The Labute approximate surface area is 109 Å². The summed E-state index contributed by atoms with van der Waals surface area (Å²) >= 11 is 0. The average Bonchev–Trinajstić information content (AvgIpc) is 2.88. The molecule has 0 saturated heterocycles. The average molecular weight is 243 g/mol. The molecule has 1 N–H and O–H groups in total. The molecular formula is C15H21N3. The van der Waals surface area contributed by atoms with Gasteiger partial charge in [0.1, 0.15) is 5.82 Å². The minimum absolute atomic E-state index is 0.163. The van der Waals surface area contributed by atoms with Gasteiger partial charge in [-0.15, -0.1) is 0 Å². The molecule has 1 atom stereocenters. The van der Waals surface area contributed by atoms with Crippen LogP contribution in [-0.2, 0) is 13.0 Å². The summed E-state index contributed by atoms with van der Waals surface area (Å²) in [5.74, 6) is 1.08. The first-order valence-electron chi connectivity index (χ1n) is 6.57. The van der Waals surface area contributed by atoms with Crippen LogP contribution in [0.15, 0.2) is 36.7 Å². The summed E-state index contributed by atoms with van der Waals surface area (Å²) in [5.41, 5.74) is 2.70. The molecule has 0 aliphatic rings. The van der Waals surface area contributed by atoms with Crippen LogP contribution < -0.4 is 5.32 Å². The Morgan fingerprint density at radius 2 is 2.06 bits per heavy atom. The third-order valence-corrected chi connectivity index (χ3v) is 3.38. The van der Waals surface area contributed by atoms with E-state index in [-0.39, 0.29) is 6.04 Å². The zero-order chi connectivity index (χ0) is 13.0. The lowest BCUT2D eigenvalue weighted by atomic mass is 9.98. The molecule has 0 aliphatic carbocycles. The number of nitrogens with zero attached hydrogens (tertiary/aromatic N) is 2. The maximum absolute atomic E-state index is 4.51. The summed E-state index contributed by atoms with van der Waals surface area (Å²) < 4.78 is 2.19. The smallest absolute Gasteiger partial charge is 0.130 e. The Hall–Kier alpha value is -1.61. The van der Waals surface area contributed by atoms with Crippen molar-refractivity contribution in [2.75, 3.05) is 7.05 Å². The fraction of sp³-hybridized carbons (Fsp3) is 0.400. The molecule has 1 heterocycles. The van der Waals surface area contributed by atoms with Gasteiger partial charge in [-0.2, -0.15) is 0 Å². The molecule has 3 heteroatoms. The molecule has 0 spiro atoms. The van der Waals surface area contributed by atoms with Crippen LogP contribution in [0.3, 0.4) is 0 Å². The van der Waals surface area contributed by atoms with E-state index in [0.717, 1.165) is 18.8 Å². The monoisotopic (exact) mass is 243 g/mol. The number of nitrogens with one attached hydrogen (secondary N) is 1. The van der Waals surface area contributed by atoms with Crippen LogP contribution in [0.1, 0.15) is 36.8 Å². The molecule has 96 valence electrons. The van der Waals surface area contributed by atoms with Gasteiger partial charge in [0.25, 0.3) is 0 Å². The highest BCUT2D eigenvalue weighted by Gasteiger charge is 2.18. The summed E-state index contributed by atoms with van der Waals surface area (Å²) in [7, 11) is 1.99.